The van der Waals surface area contributed by atoms with Gasteiger partial charge in [-0.05, 0) is 25.0 Å². The Morgan fingerprint density at radius 2 is 2.38 bits per heavy atom. The first-order valence-electron chi connectivity index (χ1n) is 6.39. The van der Waals surface area contributed by atoms with E-state index in [4.69, 9.17) is 5.73 Å². The zero-order valence-electron chi connectivity index (χ0n) is 10.2. The van der Waals surface area contributed by atoms with Crippen molar-refractivity contribution in [1.82, 2.24) is 5.32 Å². The van der Waals surface area contributed by atoms with Crippen LogP contribution in [0.3, 0.4) is 0 Å². The number of unbranched alkanes of at least 4 members (excludes halogenated alkanes) is 1. The van der Waals surface area contributed by atoms with Gasteiger partial charge < -0.3 is 11.1 Å². The van der Waals surface area contributed by atoms with E-state index in [1.165, 1.54) is 25.0 Å². The molecule has 1 aliphatic heterocycles. The van der Waals surface area contributed by atoms with E-state index in [0.29, 0.717) is 5.25 Å². The zero-order valence-corrected chi connectivity index (χ0v) is 11.0. The average molecular weight is 244 g/mol. The van der Waals surface area contributed by atoms with Crippen LogP contribution < -0.4 is 11.1 Å². The molecule has 0 aromatic carbocycles. The molecule has 0 bridgehead atoms. The molecule has 3 N–H and O–H groups in total. The molecule has 1 aliphatic rings. The monoisotopic (exact) mass is 244 g/mol. The first-order chi connectivity index (χ1) is 7.74. The van der Waals surface area contributed by atoms with Crippen molar-refractivity contribution < 1.29 is 4.79 Å². The Kier molecular flexibility index (Phi) is 6.88. The molecule has 1 unspecified atom stereocenters. The summed E-state index contributed by atoms with van der Waals surface area (Å²) < 4.78 is 0. The summed E-state index contributed by atoms with van der Waals surface area (Å²) in [7, 11) is 0. The van der Waals surface area contributed by atoms with E-state index in [2.05, 4.69) is 12.2 Å². The molecule has 0 spiro atoms. The molecular weight excluding hydrogens is 220 g/mol. The fraction of sp³-hybridized carbons (Fsp3) is 0.917. The summed E-state index contributed by atoms with van der Waals surface area (Å²) in [6.07, 6.45) is 6.79. The van der Waals surface area contributed by atoms with Gasteiger partial charge in [-0.15, -0.1) is 0 Å². The Labute approximate surface area is 103 Å². The minimum Gasteiger partial charge on any atom is -0.354 e. The molecule has 0 radical (unpaired) electrons. The summed E-state index contributed by atoms with van der Waals surface area (Å²) in [5.41, 5.74) is 5.80. The Hall–Kier alpha value is -0.220. The Morgan fingerprint density at radius 1 is 1.56 bits per heavy atom. The molecule has 1 fully saturated rings. The highest BCUT2D eigenvalue weighted by molar-refractivity contribution is 7.99. The van der Waals surface area contributed by atoms with Gasteiger partial charge in [0.1, 0.15) is 0 Å². The number of amides is 1. The third-order valence-corrected chi connectivity index (χ3v) is 4.38. The van der Waals surface area contributed by atoms with Crippen LogP contribution in [0.15, 0.2) is 0 Å². The van der Waals surface area contributed by atoms with Gasteiger partial charge in [0.25, 0.3) is 0 Å². The molecule has 0 saturated carbocycles. The van der Waals surface area contributed by atoms with Crippen molar-refractivity contribution in [3.05, 3.63) is 0 Å². The number of hydrogen-bond donors (Lipinski definition) is 2. The second-order valence-corrected chi connectivity index (χ2v) is 5.89. The third kappa shape index (κ3) is 5.21. The van der Waals surface area contributed by atoms with Crippen LogP contribution in [0.2, 0.25) is 0 Å². The fourth-order valence-electron chi connectivity index (χ4n) is 1.87. The van der Waals surface area contributed by atoms with E-state index >= 15 is 0 Å². The summed E-state index contributed by atoms with van der Waals surface area (Å²) in [5, 5.41) is 3.58. The van der Waals surface area contributed by atoms with Crippen LogP contribution in [-0.2, 0) is 4.79 Å². The first kappa shape index (κ1) is 13.8. The molecule has 1 rings (SSSR count). The van der Waals surface area contributed by atoms with E-state index < -0.39 is 0 Å². The standard InChI is InChI=1S/C12H24N2OS/c1-2-3-7-11(13)12(15)14-9-10-6-4-5-8-16-10/h10-11H,2-9,13H2,1H3,(H,14,15)/t10?,11-/m0/s1. The lowest BCUT2D eigenvalue weighted by atomic mass is 10.1. The molecule has 3 nitrogen and oxygen atoms in total. The minimum absolute atomic E-state index is 0.0274. The normalized spacial score (nSPS) is 22.8. The second-order valence-electron chi connectivity index (χ2n) is 4.48. The number of nitrogens with one attached hydrogen (secondary N) is 1. The van der Waals surface area contributed by atoms with Gasteiger partial charge >= 0.3 is 0 Å². The molecule has 1 heterocycles. The van der Waals surface area contributed by atoms with Crippen LogP contribution in [0.1, 0.15) is 45.4 Å². The number of rotatable bonds is 6. The quantitative estimate of drug-likeness (QED) is 0.750. The minimum atomic E-state index is -0.312. The van der Waals surface area contributed by atoms with Gasteiger partial charge in [-0.3, -0.25) is 4.79 Å². The molecule has 0 aliphatic carbocycles. The highest BCUT2D eigenvalue weighted by Gasteiger charge is 2.17. The van der Waals surface area contributed by atoms with Crippen molar-refractivity contribution in [1.29, 1.82) is 0 Å². The molecular formula is C12H24N2OS. The summed E-state index contributed by atoms with van der Waals surface area (Å²) in [4.78, 5) is 11.6. The van der Waals surface area contributed by atoms with E-state index in [9.17, 15) is 4.79 Å². The van der Waals surface area contributed by atoms with Crippen molar-refractivity contribution in [2.24, 2.45) is 5.73 Å². The number of nitrogens with two attached hydrogens (primary N) is 1. The van der Waals surface area contributed by atoms with Crippen LogP contribution >= 0.6 is 11.8 Å². The Bertz CT molecular complexity index is 205. The third-order valence-electron chi connectivity index (χ3n) is 2.98. The van der Waals surface area contributed by atoms with Gasteiger partial charge in [-0.2, -0.15) is 11.8 Å². The number of thioether (sulfide) groups is 1. The summed E-state index contributed by atoms with van der Waals surface area (Å²) in [6.45, 7) is 2.91. The molecule has 0 aromatic rings. The van der Waals surface area contributed by atoms with E-state index in [1.54, 1.807) is 0 Å². The number of carbonyl (C=O) groups excluding carboxylic acids is 1. The van der Waals surface area contributed by atoms with Gasteiger partial charge in [0.05, 0.1) is 6.04 Å². The van der Waals surface area contributed by atoms with Crippen molar-refractivity contribution in [2.45, 2.75) is 56.7 Å². The number of carbonyl (C=O) groups is 1. The molecule has 94 valence electrons. The molecule has 1 saturated heterocycles. The lowest BCUT2D eigenvalue weighted by molar-refractivity contribution is -0.122. The predicted octanol–water partition coefficient (Wildman–Crippen LogP) is 1.91. The predicted molar refractivity (Wildman–Crippen MR) is 70.6 cm³/mol. The molecule has 0 aromatic heterocycles. The molecule has 1 amide bonds. The van der Waals surface area contributed by atoms with Crippen molar-refractivity contribution >= 4 is 17.7 Å². The van der Waals surface area contributed by atoms with Crippen molar-refractivity contribution in [2.75, 3.05) is 12.3 Å². The topological polar surface area (TPSA) is 55.1 Å². The molecule has 2 atom stereocenters. The Morgan fingerprint density at radius 3 is 3.00 bits per heavy atom. The van der Waals surface area contributed by atoms with E-state index in [1.807, 2.05) is 11.8 Å². The summed E-state index contributed by atoms with van der Waals surface area (Å²) in [5.74, 6) is 1.27. The largest absolute Gasteiger partial charge is 0.354 e. The van der Waals surface area contributed by atoms with Gasteiger partial charge in [-0.25, -0.2) is 0 Å². The van der Waals surface area contributed by atoms with Crippen molar-refractivity contribution in [3.8, 4) is 0 Å². The average Bonchev–Trinajstić information content (AvgIpc) is 2.34. The zero-order chi connectivity index (χ0) is 11.8. The maximum Gasteiger partial charge on any atom is 0.236 e. The van der Waals surface area contributed by atoms with Gasteiger partial charge in [-0.1, -0.05) is 26.2 Å². The van der Waals surface area contributed by atoms with Gasteiger partial charge in [0.2, 0.25) is 5.91 Å². The molecule has 4 heteroatoms. The lowest BCUT2D eigenvalue weighted by Gasteiger charge is -2.22. The summed E-state index contributed by atoms with van der Waals surface area (Å²) >= 11 is 1.98. The lowest BCUT2D eigenvalue weighted by Crippen LogP contribution is -2.43. The summed E-state index contributed by atoms with van der Waals surface area (Å²) in [6, 6.07) is -0.312. The number of hydrogen-bond acceptors (Lipinski definition) is 3. The van der Waals surface area contributed by atoms with Gasteiger partial charge in [0, 0.05) is 11.8 Å². The van der Waals surface area contributed by atoms with Crippen LogP contribution in [0.5, 0.6) is 0 Å². The van der Waals surface area contributed by atoms with Gasteiger partial charge in [0.15, 0.2) is 0 Å². The molecule has 16 heavy (non-hydrogen) atoms. The highest BCUT2D eigenvalue weighted by Crippen LogP contribution is 2.24. The Balaban J connectivity index is 2.12. The van der Waals surface area contributed by atoms with Crippen molar-refractivity contribution in [3.63, 3.8) is 0 Å². The maximum absolute atomic E-state index is 11.6. The second kappa shape index (κ2) is 7.96. The van der Waals surface area contributed by atoms with E-state index in [0.717, 1.165) is 25.8 Å². The van der Waals surface area contributed by atoms with E-state index in [-0.39, 0.29) is 11.9 Å². The SMILES string of the molecule is CCCC[C@H](N)C(=O)NCC1CCCCS1. The first-order valence-corrected chi connectivity index (χ1v) is 7.43. The van der Waals surface area contributed by atoms with Crippen LogP contribution in [0.4, 0.5) is 0 Å². The fourth-order valence-corrected chi connectivity index (χ4v) is 3.11. The highest BCUT2D eigenvalue weighted by atomic mass is 32.2. The maximum atomic E-state index is 11.6. The smallest absolute Gasteiger partial charge is 0.236 e. The van der Waals surface area contributed by atoms with Crippen LogP contribution in [-0.4, -0.2) is 29.5 Å². The van der Waals surface area contributed by atoms with Crippen LogP contribution in [0, 0.1) is 0 Å². The van der Waals surface area contributed by atoms with Crippen LogP contribution in [0.25, 0.3) is 0 Å².